The van der Waals surface area contributed by atoms with Gasteiger partial charge in [-0.1, -0.05) is 0 Å². The fraction of sp³-hybridized carbons (Fsp3) is 0.227. The highest BCUT2D eigenvalue weighted by atomic mass is 16.5. The van der Waals surface area contributed by atoms with E-state index in [1.807, 2.05) is 39.0 Å². The third-order valence-electron chi connectivity index (χ3n) is 4.47. The van der Waals surface area contributed by atoms with Crippen molar-refractivity contribution in [3.05, 3.63) is 68.6 Å². The molecule has 0 fully saturated rings. The van der Waals surface area contributed by atoms with Crippen LogP contribution in [0.3, 0.4) is 0 Å². The lowest BCUT2D eigenvalue weighted by Gasteiger charge is -2.06. The van der Waals surface area contributed by atoms with E-state index in [-0.39, 0.29) is 11.9 Å². The Balaban J connectivity index is 1.92. The molecule has 27 heavy (non-hydrogen) atoms. The van der Waals surface area contributed by atoms with Gasteiger partial charge in [0.2, 0.25) is 0 Å². The van der Waals surface area contributed by atoms with Gasteiger partial charge in [0.05, 0.1) is 27.9 Å². The molecule has 0 amide bonds. The Hall–Kier alpha value is -3.21. The Morgan fingerprint density at radius 1 is 1.11 bits per heavy atom. The van der Waals surface area contributed by atoms with E-state index in [0.29, 0.717) is 0 Å². The summed E-state index contributed by atoms with van der Waals surface area (Å²) in [5.41, 5.74) is 4.19. The minimum Gasteiger partial charge on any atom is -0.508 e. The average molecular weight is 361 g/mol. The maximum atomic E-state index is 9.67. The molecule has 1 aromatic carbocycles. The van der Waals surface area contributed by atoms with E-state index >= 15 is 0 Å². The number of phenolic OH excluding ortho intramolecular Hbond substituents is 1. The molecule has 3 N–H and O–H groups in total. The van der Waals surface area contributed by atoms with Crippen LogP contribution in [0.5, 0.6) is 11.5 Å². The van der Waals surface area contributed by atoms with Gasteiger partial charge in [0.1, 0.15) is 11.5 Å². The number of H-pyrrole nitrogens is 2. The highest BCUT2D eigenvalue weighted by Crippen LogP contribution is 2.11. The number of nitrogens with zero attached hydrogens (tertiary/aromatic N) is 1. The monoisotopic (exact) mass is 361 g/mol. The lowest BCUT2D eigenvalue weighted by molar-refractivity contribution is 0.240. The standard InChI is InChI=1S/C22H23N3O2/c1-12(2)27-22-11-20(19-8-15-5-6-16(26)9-18(15)24-19)25-21(22)10-17-13(3)7-14(4)23-17/h5-12,23,25-26H,1-4H3. The van der Waals surface area contributed by atoms with Crippen LogP contribution in [0.2, 0.25) is 0 Å². The number of aromatic amines is 2. The zero-order valence-corrected chi connectivity index (χ0v) is 15.9. The van der Waals surface area contributed by atoms with Crippen LogP contribution >= 0.6 is 0 Å². The summed E-state index contributed by atoms with van der Waals surface area (Å²) in [6.45, 7) is 8.15. The van der Waals surface area contributed by atoms with E-state index in [1.54, 1.807) is 12.1 Å². The van der Waals surface area contributed by atoms with Crippen molar-refractivity contribution < 1.29 is 9.84 Å². The molecule has 2 aromatic heterocycles. The maximum absolute atomic E-state index is 9.67. The Labute approximate surface area is 157 Å². The number of rotatable bonds is 3. The van der Waals surface area contributed by atoms with Crippen LogP contribution in [0.1, 0.15) is 30.8 Å². The van der Waals surface area contributed by atoms with Gasteiger partial charge in [-0.3, -0.25) is 0 Å². The van der Waals surface area contributed by atoms with Crippen LogP contribution in [0.4, 0.5) is 0 Å². The van der Waals surface area contributed by atoms with Gasteiger partial charge in [-0.05, 0) is 63.6 Å². The smallest absolute Gasteiger partial charge is 0.145 e. The van der Waals surface area contributed by atoms with Crippen molar-refractivity contribution >= 4 is 17.8 Å². The lowest BCUT2D eigenvalue weighted by atomic mass is 10.2. The number of hydrogen-bond acceptors (Lipinski definition) is 3. The molecule has 0 bridgehead atoms. The number of fused-ring (bicyclic) bond motifs is 1. The molecule has 5 nitrogen and oxygen atoms in total. The van der Waals surface area contributed by atoms with Crippen molar-refractivity contribution in [3.8, 4) is 11.5 Å². The van der Waals surface area contributed by atoms with E-state index in [2.05, 4.69) is 34.0 Å². The molecule has 0 saturated heterocycles. The van der Waals surface area contributed by atoms with E-state index in [0.717, 1.165) is 44.1 Å². The molecule has 3 aromatic rings. The minimum absolute atomic E-state index is 0.0657. The molecule has 5 heteroatoms. The lowest BCUT2D eigenvalue weighted by Crippen LogP contribution is -2.19. The first-order valence-corrected chi connectivity index (χ1v) is 9.06. The second-order valence-corrected chi connectivity index (χ2v) is 7.21. The number of aryl methyl sites for hydroxylation is 2. The number of aromatic hydroxyl groups is 1. The van der Waals surface area contributed by atoms with Crippen molar-refractivity contribution in [2.24, 2.45) is 4.99 Å². The molecule has 0 unspecified atom stereocenters. The second-order valence-electron chi connectivity index (χ2n) is 7.21. The fourth-order valence-electron chi connectivity index (χ4n) is 3.29. The largest absolute Gasteiger partial charge is 0.508 e. The zero-order valence-electron chi connectivity index (χ0n) is 15.9. The summed E-state index contributed by atoms with van der Waals surface area (Å²) >= 11 is 0. The fourth-order valence-corrected chi connectivity index (χ4v) is 3.29. The van der Waals surface area contributed by atoms with Crippen molar-refractivity contribution in [2.45, 2.75) is 33.8 Å². The third kappa shape index (κ3) is 3.40. The minimum atomic E-state index is 0.0657. The molecular weight excluding hydrogens is 338 g/mol. The number of benzene rings is 1. The summed E-state index contributed by atoms with van der Waals surface area (Å²) in [7, 11) is 0. The summed E-state index contributed by atoms with van der Waals surface area (Å²) in [5.74, 6) is 1.01. The Morgan fingerprint density at radius 3 is 2.63 bits per heavy atom. The summed E-state index contributed by atoms with van der Waals surface area (Å²) < 4.78 is 6.02. The summed E-state index contributed by atoms with van der Waals surface area (Å²) in [4.78, 5) is 11.5. The quantitative estimate of drug-likeness (QED) is 0.662. The molecule has 0 radical (unpaired) electrons. The molecule has 3 heterocycles. The van der Waals surface area contributed by atoms with E-state index in [1.165, 1.54) is 5.56 Å². The van der Waals surface area contributed by atoms with Gasteiger partial charge < -0.3 is 19.8 Å². The Kier molecular flexibility index (Phi) is 4.15. The van der Waals surface area contributed by atoms with E-state index < -0.39 is 0 Å². The van der Waals surface area contributed by atoms with Gasteiger partial charge in [-0.25, -0.2) is 4.99 Å². The number of ether oxygens (including phenoxy) is 1. The summed E-state index contributed by atoms with van der Waals surface area (Å²) in [6.07, 6.45) is 4.14. The molecule has 138 valence electrons. The highest BCUT2D eigenvalue weighted by Gasteiger charge is 2.09. The Morgan fingerprint density at radius 2 is 1.93 bits per heavy atom. The van der Waals surface area contributed by atoms with Gasteiger partial charge >= 0.3 is 0 Å². The molecule has 0 spiro atoms. The zero-order chi connectivity index (χ0) is 19.1. The predicted octanol–water partition coefficient (Wildman–Crippen LogP) is 1.50. The molecule has 1 aliphatic heterocycles. The molecule has 1 aliphatic rings. The van der Waals surface area contributed by atoms with Gasteiger partial charge in [-0.2, -0.15) is 0 Å². The van der Waals surface area contributed by atoms with Gasteiger partial charge in [0.25, 0.3) is 0 Å². The Bertz CT molecular complexity index is 1260. The summed E-state index contributed by atoms with van der Waals surface area (Å²) in [5, 5.41) is 13.2. The number of nitrogens with one attached hydrogen (secondary N) is 2. The van der Waals surface area contributed by atoms with Crippen LogP contribution in [-0.4, -0.2) is 21.2 Å². The molecule has 0 aliphatic carbocycles. The number of phenols is 1. The van der Waals surface area contributed by atoms with Gasteiger partial charge in [0, 0.05) is 28.7 Å². The number of hydrogen-bond donors (Lipinski definition) is 3. The van der Waals surface area contributed by atoms with Crippen LogP contribution in [0.15, 0.2) is 35.3 Å². The first kappa shape index (κ1) is 17.2. The molecular formula is C22H23N3O2. The SMILES string of the molecule is Cc1cc(C)c(C=c2[nH]c(=C3C=c4ccc(O)cc4=N3)cc2OC(C)C)[nH]1. The van der Waals surface area contributed by atoms with Crippen molar-refractivity contribution in [1.82, 2.24) is 9.97 Å². The number of aromatic nitrogens is 2. The third-order valence-corrected chi connectivity index (χ3v) is 4.47. The van der Waals surface area contributed by atoms with Crippen molar-refractivity contribution in [3.63, 3.8) is 0 Å². The average Bonchev–Trinajstić information content (AvgIpc) is 3.25. The van der Waals surface area contributed by atoms with Crippen LogP contribution in [0.25, 0.3) is 17.8 Å². The van der Waals surface area contributed by atoms with Gasteiger partial charge in [0.15, 0.2) is 0 Å². The predicted molar refractivity (Wildman–Crippen MR) is 106 cm³/mol. The first-order chi connectivity index (χ1) is 12.9. The maximum Gasteiger partial charge on any atom is 0.145 e. The van der Waals surface area contributed by atoms with Crippen LogP contribution in [0, 0.1) is 13.8 Å². The highest BCUT2D eigenvalue weighted by molar-refractivity contribution is 5.77. The normalized spacial score (nSPS) is 15.7. The van der Waals surface area contributed by atoms with E-state index in [4.69, 9.17) is 4.74 Å². The van der Waals surface area contributed by atoms with Crippen LogP contribution < -0.4 is 26.0 Å². The van der Waals surface area contributed by atoms with Crippen molar-refractivity contribution in [2.75, 3.05) is 0 Å². The molecule has 0 atom stereocenters. The molecule has 4 rings (SSSR count). The van der Waals surface area contributed by atoms with Gasteiger partial charge in [-0.15, -0.1) is 0 Å². The topological polar surface area (TPSA) is 73.4 Å². The van der Waals surface area contributed by atoms with E-state index in [9.17, 15) is 5.11 Å². The van der Waals surface area contributed by atoms with Crippen molar-refractivity contribution in [1.29, 1.82) is 0 Å². The second kappa shape index (κ2) is 6.50. The molecule has 0 saturated carbocycles. The first-order valence-electron chi connectivity index (χ1n) is 9.06. The van der Waals surface area contributed by atoms with Crippen LogP contribution in [-0.2, 0) is 0 Å². The summed E-state index contributed by atoms with van der Waals surface area (Å²) in [6, 6.07) is 9.32.